The van der Waals surface area contributed by atoms with E-state index >= 15 is 0 Å². The van der Waals surface area contributed by atoms with E-state index in [-0.39, 0.29) is 6.42 Å². The molecule has 5 unspecified atom stereocenters. The molecule has 0 aromatic carbocycles. The zero-order valence-electron chi connectivity index (χ0n) is 19.4. The van der Waals surface area contributed by atoms with Crippen LogP contribution in [-0.2, 0) is 24.0 Å². The molecule has 0 fully saturated rings. The Morgan fingerprint density at radius 3 is 1.76 bits per heavy atom. The van der Waals surface area contributed by atoms with Gasteiger partial charge in [0.2, 0.25) is 17.7 Å². The number of hydrogen-bond acceptors (Lipinski definition) is 9. The first kappa shape index (κ1) is 31.2. The van der Waals surface area contributed by atoms with Crippen LogP contribution >= 0.6 is 0 Å². The van der Waals surface area contributed by atoms with Gasteiger partial charge in [0, 0.05) is 0 Å². The predicted molar refractivity (Wildman–Crippen MR) is 121 cm³/mol. The van der Waals surface area contributed by atoms with Gasteiger partial charge in [0.1, 0.15) is 18.1 Å². The molecule has 0 bridgehead atoms. The third-order valence-electron chi connectivity index (χ3n) is 4.94. The zero-order valence-corrected chi connectivity index (χ0v) is 19.4. The minimum Gasteiger partial charge on any atom is -0.481 e. The summed E-state index contributed by atoms with van der Waals surface area (Å²) in [4.78, 5) is 59.8. The molecule has 0 aromatic rings. The Morgan fingerprint density at radius 1 is 0.765 bits per heavy atom. The van der Waals surface area contributed by atoms with E-state index < -0.39 is 66.4 Å². The van der Waals surface area contributed by atoms with Gasteiger partial charge < -0.3 is 48.5 Å². The summed E-state index contributed by atoms with van der Waals surface area (Å²) >= 11 is 0. The van der Waals surface area contributed by atoms with Crippen LogP contribution in [0.3, 0.4) is 0 Å². The fourth-order valence-corrected chi connectivity index (χ4v) is 2.98. The van der Waals surface area contributed by atoms with Gasteiger partial charge in [-0.2, -0.15) is 0 Å². The summed E-state index contributed by atoms with van der Waals surface area (Å²) in [6.45, 7) is 2.00. The number of aliphatic hydroxyl groups excluding tert-OH is 1. The highest BCUT2D eigenvalue weighted by molar-refractivity contribution is 5.94. The van der Waals surface area contributed by atoms with Gasteiger partial charge in [0.25, 0.3) is 0 Å². The highest BCUT2D eigenvalue weighted by atomic mass is 16.4. The molecule has 5 atom stereocenters. The van der Waals surface area contributed by atoms with Crippen LogP contribution in [0.2, 0.25) is 0 Å². The fraction of sp³-hybridized carbons (Fsp3) is 0.750. The number of unbranched alkanes of at least 4 members (excludes halogenated alkanes) is 2. The smallest absolute Gasteiger partial charge is 0.326 e. The Kier molecular flexibility index (Phi) is 15.4. The Hall–Kier alpha value is -2.81. The largest absolute Gasteiger partial charge is 0.481 e. The molecular formula is C20H38N6O8. The second kappa shape index (κ2) is 16.7. The monoisotopic (exact) mass is 490 g/mol. The Labute approximate surface area is 198 Å². The van der Waals surface area contributed by atoms with Gasteiger partial charge in [-0.15, -0.1) is 0 Å². The molecule has 34 heavy (non-hydrogen) atoms. The fourth-order valence-electron chi connectivity index (χ4n) is 2.98. The van der Waals surface area contributed by atoms with Crippen molar-refractivity contribution < 1.29 is 39.3 Å². The quantitative estimate of drug-likeness (QED) is 0.0872. The minimum atomic E-state index is -1.77. The molecule has 0 aromatic heterocycles. The van der Waals surface area contributed by atoms with Gasteiger partial charge >= 0.3 is 11.9 Å². The summed E-state index contributed by atoms with van der Waals surface area (Å²) in [5, 5.41) is 34.7. The number of carbonyl (C=O) groups excluding carboxylic acids is 3. The maximum Gasteiger partial charge on any atom is 0.326 e. The Bertz CT molecular complexity index is 690. The molecule has 0 saturated heterocycles. The lowest BCUT2D eigenvalue weighted by atomic mass is 10.0. The van der Waals surface area contributed by atoms with Crippen molar-refractivity contribution in [2.45, 2.75) is 82.1 Å². The van der Waals surface area contributed by atoms with Crippen LogP contribution in [0.1, 0.15) is 51.9 Å². The summed E-state index contributed by atoms with van der Waals surface area (Å²) in [5.41, 5.74) is 16.8. The van der Waals surface area contributed by atoms with E-state index in [1.807, 2.05) is 5.32 Å². The van der Waals surface area contributed by atoms with Crippen LogP contribution in [0.4, 0.5) is 0 Å². The molecule has 12 N–H and O–H groups in total. The minimum absolute atomic E-state index is 0.176. The standard InChI is InChI=1S/C20H38N6O8/c1-11(27)16(19(32)25-14(20(33)34)10-15(28)29)26-18(31)13(7-3-5-9-22)24-17(30)12(23)6-2-4-8-21/h11-14,16,27H,2-10,21-23H2,1H3,(H,24,30)(H,25,32)(H,26,31)(H,28,29)(H,33,34). The number of nitrogens with two attached hydrogens (primary N) is 3. The summed E-state index contributed by atoms with van der Waals surface area (Å²) in [5.74, 6) is -5.53. The molecule has 0 rings (SSSR count). The molecule has 0 aliphatic carbocycles. The summed E-state index contributed by atoms with van der Waals surface area (Å²) in [7, 11) is 0. The number of carbonyl (C=O) groups is 5. The summed E-state index contributed by atoms with van der Waals surface area (Å²) in [6, 6.07) is -5.34. The van der Waals surface area contributed by atoms with Crippen LogP contribution < -0.4 is 33.2 Å². The second-order valence-electron chi connectivity index (χ2n) is 7.96. The van der Waals surface area contributed by atoms with Crippen LogP contribution in [0.25, 0.3) is 0 Å². The van der Waals surface area contributed by atoms with Gasteiger partial charge in [0.15, 0.2) is 0 Å². The van der Waals surface area contributed by atoms with Gasteiger partial charge in [-0.25, -0.2) is 4.79 Å². The van der Waals surface area contributed by atoms with E-state index in [0.29, 0.717) is 45.2 Å². The molecule has 196 valence electrons. The molecule has 14 heteroatoms. The summed E-state index contributed by atoms with van der Waals surface area (Å²) < 4.78 is 0. The topological polar surface area (TPSA) is 260 Å². The van der Waals surface area contributed by atoms with Gasteiger partial charge in [-0.3, -0.25) is 19.2 Å². The highest BCUT2D eigenvalue weighted by Crippen LogP contribution is 2.06. The van der Waals surface area contributed by atoms with Crippen LogP contribution in [-0.4, -0.2) is 88.3 Å². The number of carboxylic acids is 2. The Balaban J connectivity index is 5.37. The van der Waals surface area contributed by atoms with Crippen molar-refractivity contribution in [1.82, 2.24) is 16.0 Å². The van der Waals surface area contributed by atoms with Crippen molar-refractivity contribution in [3.63, 3.8) is 0 Å². The van der Waals surface area contributed by atoms with Gasteiger partial charge in [-0.1, -0.05) is 6.42 Å². The van der Waals surface area contributed by atoms with Crippen LogP contribution in [0.5, 0.6) is 0 Å². The zero-order chi connectivity index (χ0) is 26.3. The SMILES string of the molecule is CC(O)C(NC(=O)C(CCCCN)NC(=O)C(N)CCCCN)C(=O)NC(CC(=O)O)C(=O)O. The number of hydrogen-bond donors (Lipinski definition) is 9. The molecule has 0 saturated carbocycles. The third-order valence-corrected chi connectivity index (χ3v) is 4.94. The third kappa shape index (κ3) is 12.4. The number of aliphatic hydroxyl groups is 1. The average molecular weight is 491 g/mol. The van der Waals surface area contributed by atoms with Crippen molar-refractivity contribution in [2.75, 3.05) is 13.1 Å². The van der Waals surface area contributed by atoms with E-state index in [0.717, 1.165) is 0 Å². The van der Waals surface area contributed by atoms with Gasteiger partial charge in [0.05, 0.1) is 18.6 Å². The predicted octanol–water partition coefficient (Wildman–Crippen LogP) is -3.03. The molecule has 0 spiro atoms. The molecular weight excluding hydrogens is 452 g/mol. The molecule has 3 amide bonds. The van der Waals surface area contributed by atoms with E-state index in [9.17, 15) is 29.1 Å². The van der Waals surface area contributed by atoms with Crippen molar-refractivity contribution in [3.05, 3.63) is 0 Å². The van der Waals surface area contributed by atoms with E-state index in [1.54, 1.807) is 0 Å². The first-order valence-electron chi connectivity index (χ1n) is 11.1. The van der Waals surface area contributed by atoms with Crippen molar-refractivity contribution in [2.24, 2.45) is 17.2 Å². The number of nitrogens with one attached hydrogen (secondary N) is 3. The number of amides is 3. The van der Waals surface area contributed by atoms with Crippen LogP contribution in [0, 0.1) is 0 Å². The highest BCUT2D eigenvalue weighted by Gasteiger charge is 2.33. The number of rotatable bonds is 18. The number of aliphatic carboxylic acids is 2. The lowest BCUT2D eigenvalue weighted by Crippen LogP contribution is -2.60. The van der Waals surface area contributed by atoms with Crippen molar-refractivity contribution in [3.8, 4) is 0 Å². The average Bonchev–Trinajstić information content (AvgIpc) is 2.75. The van der Waals surface area contributed by atoms with Crippen molar-refractivity contribution in [1.29, 1.82) is 0 Å². The maximum atomic E-state index is 12.9. The van der Waals surface area contributed by atoms with Crippen molar-refractivity contribution >= 4 is 29.7 Å². The van der Waals surface area contributed by atoms with E-state index in [4.69, 9.17) is 27.4 Å². The molecule has 0 radical (unpaired) electrons. The molecule has 0 aliphatic heterocycles. The van der Waals surface area contributed by atoms with Crippen LogP contribution in [0.15, 0.2) is 0 Å². The second-order valence-corrected chi connectivity index (χ2v) is 7.96. The summed E-state index contributed by atoms with van der Waals surface area (Å²) in [6.07, 6.45) is 0.532. The molecule has 0 aliphatic rings. The first-order valence-corrected chi connectivity index (χ1v) is 11.1. The normalized spacial score (nSPS) is 15.3. The lowest BCUT2D eigenvalue weighted by Gasteiger charge is -2.26. The molecule has 14 nitrogen and oxygen atoms in total. The van der Waals surface area contributed by atoms with Gasteiger partial charge in [-0.05, 0) is 52.1 Å². The first-order chi connectivity index (χ1) is 15.9. The van der Waals surface area contributed by atoms with E-state index in [2.05, 4.69) is 10.6 Å². The van der Waals surface area contributed by atoms with E-state index in [1.165, 1.54) is 6.92 Å². The lowest BCUT2D eigenvalue weighted by molar-refractivity contribution is -0.148. The number of carboxylic acid groups (broad SMARTS) is 2. The maximum absolute atomic E-state index is 12.9. The molecule has 0 heterocycles. The Morgan fingerprint density at radius 2 is 1.29 bits per heavy atom.